The largest absolute Gasteiger partial charge is 0.338 e. The Labute approximate surface area is 104 Å². The first kappa shape index (κ1) is 10.8. The average Bonchev–Trinajstić information content (AvgIpc) is 2.73. The number of benzene rings is 1. The fourth-order valence-corrected chi connectivity index (χ4v) is 2.20. The van der Waals surface area contributed by atoms with E-state index in [0.717, 1.165) is 28.0 Å². The molecule has 0 aliphatic heterocycles. The number of aromatic amines is 2. The number of H-pyrrole nitrogens is 2. The Morgan fingerprint density at radius 3 is 2.78 bits per heavy atom. The van der Waals surface area contributed by atoms with Gasteiger partial charge in [0.1, 0.15) is 5.82 Å². The lowest BCUT2D eigenvalue weighted by molar-refractivity contribution is 1.22. The van der Waals surface area contributed by atoms with Crippen molar-refractivity contribution in [2.75, 3.05) is 0 Å². The van der Waals surface area contributed by atoms with Crippen LogP contribution in [0.3, 0.4) is 0 Å². The summed E-state index contributed by atoms with van der Waals surface area (Å²) in [5.41, 5.74) is 4.96. The smallest absolute Gasteiger partial charge is 0.248 e. The minimum Gasteiger partial charge on any atom is -0.338 e. The van der Waals surface area contributed by atoms with Crippen LogP contribution in [-0.2, 0) is 0 Å². The van der Waals surface area contributed by atoms with Gasteiger partial charge in [0.05, 0.1) is 11.0 Å². The molecule has 3 rings (SSSR count). The van der Waals surface area contributed by atoms with Gasteiger partial charge in [-0.1, -0.05) is 6.07 Å². The molecule has 2 N–H and O–H groups in total. The van der Waals surface area contributed by atoms with Crippen LogP contribution in [0, 0.1) is 13.8 Å². The van der Waals surface area contributed by atoms with Crippen molar-refractivity contribution >= 4 is 11.0 Å². The average molecular weight is 239 g/mol. The van der Waals surface area contributed by atoms with Crippen LogP contribution in [0.5, 0.6) is 0 Å². The highest BCUT2D eigenvalue weighted by Gasteiger charge is 2.08. The zero-order valence-electron chi connectivity index (χ0n) is 10.2. The Morgan fingerprint density at radius 2 is 2.00 bits per heavy atom. The van der Waals surface area contributed by atoms with Gasteiger partial charge in [0.2, 0.25) is 5.56 Å². The van der Waals surface area contributed by atoms with E-state index in [1.165, 1.54) is 5.56 Å². The summed E-state index contributed by atoms with van der Waals surface area (Å²) in [6, 6.07) is 7.54. The van der Waals surface area contributed by atoms with Crippen LogP contribution in [0.1, 0.15) is 11.1 Å². The van der Waals surface area contributed by atoms with Gasteiger partial charge in [0, 0.05) is 17.8 Å². The maximum atomic E-state index is 11.3. The van der Waals surface area contributed by atoms with Gasteiger partial charge in [0.15, 0.2) is 0 Å². The third-order valence-electron chi connectivity index (χ3n) is 2.97. The predicted molar refractivity (Wildman–Crippen MR) is 71.6 cm³/mol. The molecule has 1 aromatic carbocycles. The highest BCUT2D eigenvalue weighted by atomic mass is 16.1. The summed E-state index contributed by atoms with van der Waals surface area (Å²) in [7, 11) is 0. The molecule has 90 valence electrons. The molecule has 0 fully saturated rings. The van der Waals surface area contributed by atoms with Crippen LogP contribution >= 0.6 is 0 Å². The second-order valence-corrected chi connectivity index (χ2v) is 4.50. The molecular weight excluding hydrogens is 226 g/mol. The number of pyridine rings is 1. The van der Waals surface area contributed by atoms with Crippen LogP contribution in [0.25, 0.3) is 22.4 Å². The molecule has 0 atom stereocenters. The molecule has 0 spiro atoms. The Kier molecular flexibility index (Phi) is 2.30. The highest BCUT2D eigenvalue weighted by Crippen LogP contribution is 2.22. The molecule has 0 aliphatic rings. The number of nitrogens with zero attached hydrogens (tertiary/aromatic N) is 1. The molecule has 0 saturated carbocycles. The number of imidazole rings is 1. The van der Waals surface area contributed by atoms with E-state index in [4.69, 9.17) is 0 Å². The maximum Gasteiger partial charge on any atom is 0.248 e. The van der Waals surface area contributed by atoms with Gasteiger partial charge in [-0.3, -0.25) is 4.79 Å². The third kappa shape index (κ3) is 1.72. The van der Waals surface area contributed by atoms with Crippen LogP contribution in [0.15, 0.2) is 35.3 Å². The first-order valence-corrected chi connectivity index (χ1v) is 5.79. The summed E-state index contributed by atoms with van der Waals surface area (Å²) in [6.45, 7) is 4.10. The molecule has 2 heterocycles. The lowest BCUT2D eigenvalue weighted by Crippen LogP contribution is -2.02. The van der Waals surface area contributed by atoms with Gasteiger partial charge in [0.25, 0.3) is 0 Å². The minimum atomic E-state index is -0.124. The van der Waals surface area contributed by atoms with Crippen molar-refractivity contribution in [1.82, 2.24) is 15.0 Å². The molecule has 0 saturated heterocycles. The standard InChI is InChI=1S/C14H13N3O/c1-8-5-9(2)13-11(6-8)16-14(17-13)10-3-4-15-12(18)7-10/h3-7H,1-2H3,(H,15,18)(H,16,17). The molecule has 0 aliphatic carbocycles. The van der Waals surface area contributed by atoms with E-state index in [1.54, 1.807) is 12.3 Å². The van der Waals surface area contributed by atoms with Crippen LogP contribution in [-0.4, -0.2) is 15.0 Å². The van der Waals surface area contributed by atoms with Crippen molar-refractivity contribution in [2.45, 2.75) is 13.8 Å². The van der Waals surface area contributed by atoms with Gasteiger partial charge in [-0.2, -0.15) is 0 Å². The SMILES string of the molecule is Cc1cc(C)c2nc(-c3cc[nH]c(=O)c3)[nH]c2c1. The van der Waals surface area contributed by atoms with Crippen LogP contribution < -0.4 is 5.56 Å². The van der Waals surface area contributed by atoms with E-state index in [-0.39, 0.29) is 5.56 Å². The maximum absolute atomic E-state index is 11.3. The van der Waals surface area contributed by atoms with E-state index in [2.05, 4.69) is 34.0 Å². The predicted octanol–water partition coefficient (Wildman–Crippen LogP) is 2.54. The van der Waals surface area contributed by atoms with Gasteiger partial charge >= 0.3 is 0 Å². The molecule has 4 nitrogen and oxygen atoms in total. The second kappa shape index (κ2) is 3.84. The molecule has 0 amide bonds. The van der Waals surface area contributed by atoms with E-state index in [1.807, 2.05) is 13.0 Å². The number of aryl methyl sites for hydroxylation is 2. The quantitative estimate of drug-likeness (QED) is 0.685. The summed E-state index contributed by atoms with van der Waals surface area (Å²) in [5.74, 6) is 0.727. The van der Waals surface area contributed by atoms with Crippen LogP contribution in [0.4, 0.5) is 0 Å². The fraction of sp³-hybridized carbons (Fsp3) is 0.143. The lowest BCUT2D eigenvalue weighted by Gasteiger charge is -1.96. The molecule has 0 unspecified atom stereocenters. The van der Waals surface area contributed by atoms with Crippen molar-refractivity contribution in [3.8, 4) is 11.4 Å². The van der Waals surface area contributed by atoms with Crippen LogP contribution in [0.2, 0.25) is 0 Å². The zero-order valence-corrected chi connectivity index (χ0v) is 10.2. The summed E-state index contributed by atoms with van der Waals surface area (Å²) in [6.07, 6.45) is 1.63. The minimum absolute atomic E-state index is 0.124. The molecular formula is C14H13N3O. The van der Waals surface area contributed by atoms with Gasteiger partial charge in [-0.05, 0) is 37.1 Å². The van der Waals surface area contributed by atoms with Crippen molar-refractivity contribution in [3.05, 3.63) is 51.9 Å². The summed E-state index contributed by atoms with van der Waals surface area (Å²) in [4.78, 5) is 21.7. The number of aromatic nitrogens is 3. The van der Waals surface area contributed by atoms with Gasteiger partial charge < -0.3 is 9.97 Å². The lowest BCUT2D eigenvalue weighted by atomic mass is 10.1. The number of fused-ring (bicyclic) bond motifs is 1. The number of nitrogens with one attached hydrogen (secondary N) is 2. The highest BCUT2D eigenvalue weighted by molar-refractivity contribution is 5.82. The van der Waals surface area contributed by atoms with Gasteiger partial charge in [-0.25, -0.2) is 4.98 Å². The molecule has 0 bridgehead atoms. The summed E-state index contributed by atoms with van der Waals surface area (Å²) >= 11 is 0. The van der Waals surface area contributed by atoms with Crippen molar-refractivity contribution < 1.29 is 0 Å². The number of hydrogen-bond donors (Lipinski definition) is 2. The Morgan fingerprint density at radius 1 is 1.17 bits per heavy atom. The Balaban J connectivity index is 2.25. The molecule has 0 radical (unpaired) electrons. The summed E-state index contributed by atoms with van der Waals surface area (Å²) in [5, 5.41) is 0. The molecule has 3 aromatic rings. The number of hydrogen-bond acceptors (Lipinski definition) is 2. The Hall–Kier alpha value is -2.36. The first-order valence-electron chi connectivity index (χ1n) is 5.79. The van der Waals surface area contributed by atoms with E-state index in [9.17, 15) is 4.79 Å². The molecule has 4 heteroatoms. The monoisotopic (exact) mass is 239 g/mol. The third-order valence-corrected chi connectivity index (χ3v) is 2.97. The topological polar surface area (TPSA) is 61.5 Å². The first-order chi connectivity index (χ1) is 8.63. The Bertz CT molecular complexity index is 783. The van der Waals surface area contributed by atoms with E-state index in [0.29, 0.717) is 0 Å². The van der Waals surface area contributed by atoms with Gasteiger partial charge in [-0.15, -0.1) is 0 Å². The molecule has 2 aromatic heterocycles. The zero-order chi connectivity index (χ0) is 12.7. The second-order valence-electron chi connectivity index (χ2n) is 4.50. The molecule has 18 heavy (non-hydrogen) atoms. The normalized spacial score (nSPS) is 11.0. The van der Waals surface area contributed by atoms with E-state index >= 15 is 0 Å². The fourth-order valence-electron chi connectivity index (χ4n) is 2.20. The number of rotatable bonds is 1. The van der Waals surface area contributed by atoms with E-state index < -0.39 is 0 Å². The summed E-state index contributed by atoms with van der Waals surface area (Å²) < 4.78 is 0. The van der Waals surface area contributed by atoms with Crippen molar-refractivity contribution in [2.24, 2.45) is 0 Å². The van der Waals surface area contributed by atoms with Crippen molar-refractivity contribution in [1.29, 1.82) is 0 Å². The van der Waals surface area contributed by atoms with Crippen molar-refractivity contribution in [3.63, 3.8) is 0 Å².